The molecule has 0 radical (unpaired) electrons. The maximum absolute atomic E-state index is 12.7. The van der Waals surface area contributed by atoms with E-state index in [0.717, 1.165) is 11.3 Å². The number of rotatable bonds is 5. The minimum atomic E-state index is -3.64. The number of nitrogens with zero attached hydrogens (tertiary/aromatic N) is 1. The lowest BCUT2D eigenvalue weighted by molar-refractivity contribution is 0.478. The highest BCUT2D eigenvalue weighted by molar-refractivity contribution is 7.92. The second-order valence-electron chi connectivity index (χ2n) is 5.85. The minimum absolute atomic E-state index is 0.0212. The highest BCUT2D eigenvalue weighted by atomic mass is 35.5. The van der Waals surface area contributed by atoms with Gasteiger partial charge in [0.25, 0.3) is 10.0 Å². The van der Waals surface area contributed by atoms with Crippen molar-refractivity contribution in [3.63, 3.8) is 0 Å². The number of sulfonamides is 1. The van der Waals surface area contributed by atoms with E-state index in [1.54, 1.807) is 12.1 Å². The zero-order chi connectivity index (χ0) is 18.2. The van der Waals surface area contributed by atoms with Gasteiger partial charge in [-0.3, -0.25) is 0 Å². The Morgan fingerprint density at radius 2 is 1.80 bits per heavy atom. The van der Waals surface area contributed by atoms with Crippen molar-refractivity contribution < 1.29 is 16.8 Å². The number of halogens is 1. The zero-order valence-electron chi connectivity index (χ0n) is 13.6. The van der Waals surface area contributed by atoms with Crippen LogP contribution < -0.4 is 0 Å². The molecule has 1 unspecified atom stereocenters. The predicted octanol–water partition coefficient (Wildman–Crippen LogP) is 3.20. The predicted molar refractivity (Wildman–Crippen MR) is 99.5 cm³/mol. The van der Waals surface area contributed by atoms with E-state index < -0.39 is 25.1 Å². The molecule has 0 aliphatic carbocycles. The SMILES string of the molecule is CCc1ccc(S(=O)(=O)N2CCC(S(=O)(=O)c3ccc(Cl)cc3)C2)s1. The molecule has 1 aliphatic heterocycles. The van der Waals surface area contributed by atoms with Crippen LogP contribution in [0.3, 0.4) is 0 Å². The fourth-order valence-electron chi connectivity index (χ4n) is 2.80. The fraction of sp³-hybridized carbons (Fsp3) is 0.375. The standard InChI is InChI=1S/C16H18ClNO4S3/c1-2-13-5-8-16(23-13)25(21,22)18-10-9-15(11-18)24(19,20)14-6-3-12(17)4-7-14/h3-8,15H,2,9-11H2,1H3. The van der Waals surface area contributed by atoms with Crippen LogP contribution in [0.25, 0.3) is 0 Å². The van der Waals surface area contributed by atoms with Crippen LogP contribution in [0.2, 0.25) is 5.02 Å². The molecule has 1 aromatic heterocycles. The van der Waals surface area contributed by atoms with Crippen molar-refractivity contribution in [2.45, 2.75) is 34.1 Å². The smallest absolute Gasteiger partial charge is 0.223 e. The summed E-state index contributed by atoms with van der Waals surface area (Å²) in [5.74, 6) is 0. The van der Waals surface area contributed by atoms with Gasteiger partial charge in [-0.1, -0.05) is 18.5 Å². The lowest BCUT2D eigenvalue weighted by Gasteiger charge is -2.16. The molecule has 0 bridgehead atoms. The molecule has 1 fully saturated rings. The first-order valence-electron chi connectivity index (χ1n) is 7.83. The molecule has 3 rings (SSSR count). The normalized spacial score (nSPS) is 19.4. The Kier molecular flexibility index (Phi) is 5.28. The molecule has 0 N–H and O–H groups in total. The molecule has 1 aromatic carbocycles. The summed E-state index contributed by atoms with van der Waals surface area (Å²) in [7, 11) is -7.24. The van der Waals surface area contributed by atoms with E-state index in [4.69, 9.17) is 11.6 Å². The Morgan fingerprint density at radius 3 is 2.40 bits per heavy atom. The molecule has 25 heavy (non-hydrogen) atoms. The minimum Gasteiger partial charge on any atom is -0.223 e. The van der Waals surface area contributed by atoms with Gasteiger partial charge in [-0.25, -0.2) is 16.8 Å². The van der Waals surface area contributed by atoms with Gasteiger partial charge < -0.3 is 0 Å². The third-order valence-electron chi connectivity index (χ3n) is 4.27. The summed E-state index contributed by atoms with van der Waals surface area (Å²) >= 11 is 7.04. The zero-order valence-corrected chi connectivity index (χ0v) is 16.8. The second kappa shape index (κ2) is 7.00. The highest BCUT2D eigenvalue weighted by Crippen LogP contribution is 2.31. The molecular formula is C16H18ClNO4S3. The van der Waals surface area contributed by atoms with Crippen LogP contribution in [-0.4, -0.2) is 39.5 Å². The molecule has 0 saturated carbocycles. The van der Waals surface area contributed by atoms with Crippen LogP contribution in [0.4, 0.5) is 0 Å². The molecule has 1 aliphatic rings. The van der Waals surface area contributed by atoms with Gasteiger partial charge in [-0.2, -0.15) is 4.31 Å². The van der Waals surface area contributed by atoms with E-state index in [-0.39, 0.29) is 28.6 Å². The first-order valence-corrected chi connectivity index (χ1v) is 12.0. The van der Waals surface area contributed by atoms with E-state index >= 15 is 0 Å². The van der Waals surface area contributed by atoms with Crippen LogP contribution in [0.15, 0.2) is 45.5 Å². The van der Waals surface area contributed by atoms with Crippen molar-refractivity contribution in [2.24, 2.45) is 0 Å². The van der Waals surface area contributed by atoms with Crippen molar-refractivity contribution in [1.82, 2.24) is 4.31 Å². The van der Waals surface area contributed by atoms with Gasteiger partial charge in [0.05, 0.1) is 10.1 Å². The Bertz CT molecular complexity index is 965. The molecule has 0 spiro atoms. The quantitative estimate of drug-likeness (QED) is 0.746. The summed E-state index contributed by atoms with van der Waals surface area (Å²) in [6.07, 6.45) is 1.06. The van der Waals surface area contributed by atoms with E-state index in [1.165, 1.54) is 39.9 Å². The van der Waals surface area contributed by atoms with Crippen molar-refractivity contribution in [2.75, 3.05) is 13.1 Å². The lowest BCUT2D eigenvalue weighted by Crippen LogP contribution is -2.31. The third kappa shape index (κ3) is 3.64. The number of thiophene rings is 1. The van der Waals surface area contributed by atoms with Gasteiger partial charge in [-0.15, -0.1) is 11.3 Å². The molecule has 1 saturated heterocycles. The van der Waals surface area contributed by atoms with Crippen LogP contribution in [0.1, 0.15) is 18.2 Å². The number of sulfone groups is 1. The Labute approximate surface area is 157 Å². The summed E-state index contributed by atoms with van der Waals surface area (Å²) in [5.41, 5.74) is 0. The molecule has 9 heteroatoms. The molecular weight excluding hydrogens is 402 g/mol. The van der Waals surface area contributed by atoms with Gasteiger partial charge in [0.15, 0.2) is 9.84 Å². The van der Waals surface area contributed by atoms with Gasteiger partial charge in [0.2, 0.25) is 0 Å². The average molecular weight is 420 g/mol. The molecule has 1 atom stereocenters. The summed E-state index contributed by atoms with van der Waals surface area (Å²) < 4.78 is 52.5. The fourth-order valence-corrected chi connectivity index (χ4v) is 7.66. The van der Waals surface area contributed by atoms with Crippen LogP contribution in [0, 0.1) is 0 Å². The van der Waals surface area contributed by atoms with Crippen LogP contribution in [-0.2, 0) is 26.3 Å². The van der Waals surface area contributed by atoms with Crippen molar-refractivity contribution in [1.29, 1.82) is 0 Å². The van der Waals surface area contributed by atoms with Gasteiger partial charge in [0.1, 0.15) is 4.21 Å². The molecule has 136 valence electrons. The summed E-state index contributed by atoms with van der Waals surface area (Å²) in [6.45, 7) is 2.15. The largest absolute Gasteiger partial charge is 0.252 e. The highest BCUT2D eigenvalue weighted by Gasteiger charge is 2.39. The van der Waals surface area contributed by atoms with Crippen LogP contribution >= 0.6 is 22.9 Å². The monoisotopic (exact) mass is 419 g/mol. The molecule has 5 nitrogen and oxygen atoms in total. The van der Waals surface area contributed by atoms with E-state index in [9.17, 15) is 16.8 Å². The van der Waals surface area contributed by atoms with E-state index in [0.29, 0.717) is 5.02 Å². The first-order chi connectivity index (χ1) is 11.7. The third-order valence-corrected chi connectivity index (χ3v) is 10.3. The Balaban J connectivity index is 1.82. The Hall–Kier alpha value is -0.930. The Morgan fingerprint density at radius 1 is 1.12 bits per heavy atom. The topological polar surface area (TPSA) is 71.5 Å². The summed E-state index contributed by atoms with van der Waals surface area (Å²) in [4.78, 5) is 1.16. The maximum Gasteiger partial charge on any atom is 0.252 e. The maximum atomic E-state index is 12.7. The lowest BCUT2D eigenvalue weighted by atomic mass is 10.4. The number of aryl methyl sites for hydroxylation is 1. The summed E-state index contributed by atoms with van der Waals surface area (Å²) in [5, 5.41) is -0.284. The van der Waals surface area contributed by atoms with Gasteiger partial charge >= 0.3 is 0 Å². The van der Waals surface area contributed by atoms with Gasteiger partial charge in [-0.05, 0) is 49.2 Å². The second-order valence-corrected chi connectivity index (χ2v) is 11.8. The van der Waals surface area contributed by atoms with Crippen molar-refractivity contribution in [3.05, 3.63) is 46.3 Å². The summed E-state index contributed by atoms with van der Waals surface area (Å²) in [6, 6.07) is 9.37. The number of hydrogen-bond acceptors (Lipinski definition) is 5. The first kappa shape index (κ1) is 18.8. The van der Waals surface area contributed by atoms with Crippen LogP contribution in [0.5, 0.6) is 0 Å². The number of benzene rings is 1. The molecule has 0 amide bonds. The average Bonchev–Trinajstić information content (AvgIpc) is 3.25. The van der Waals surface area contributed by atoms with Gasteiger partial charge in [0, 0.05) is 23.0 Å². The number of hydrogen-bond donors (Lipinski definition) is 0. The van der Waals surface area contributed by atoms with E-state index in [2.05, 4.69) is 0 Å². The molecule has 2 heterocycles. The molecule has 2 aromatic rings. The van der Waals surface area contributed by atoms with Crippen molar-refractivity contribution >= 4 is 42.8 Å². The van der Waals surface area contributed by atoms with Crippen molar-refractivity contribution in [3.8, 4) is 0 Å². The van der Waals surface area contributed by atoms with E-state index in [1.807, 2.05) is 6.92 Å².